The number of hydrogen-bond donors (Lipinski definition) is 3. The van der Waals surface area contributed by atoms with Crippen molar-refractivity contribution in [3.63, 3.8) is 0 Å². The predicted octanol–water partition coefficient (Wildman–Crippen LogP) is 3.77. The summed E-state index contributed by atoms with van der Waals surface area (Å²) in [6, 6.07) is 19.8. The van der Waals surface area contributed by atoms with Crippen molar-refractivity contribution in [2.24, 2.45) is 0 Å². The van der Waals surface area contributed by atoms with Gasteiger partial charge in [-0.2, -0.15) is 0 Å². The summed E-state index contributed by atoms with van der Waals surface area (Å²) >= 11 is 0. The number of phenols is 1. The molecule has 33 heavy (non-hydrogen) atoms. The highest BCUT2D eigenvalue weighted by atomic mass is 16.5. The zero-order valence-electron chi connectivity index (χ0n) is 17.7. The zero-order chi connectivity index (χ0) is 23.2. The molecule has 0 aliphatic carbocycles. The van der Waals surface area contributed by atoms with E-state index in [9.17, 15) is 19.5 Å². The van der Waals surface area contributed by atoms with Crippen molar-refractivity contribution in [1.82, 2.24) is 10.3 Å². The van der Waals surface area contributed by atoms with E-state index in [4.69, 9.17) is 4.74 Å². The first-order valence-electron chi connectivity index (χ1n) is 10.4. The fraction of sp³-hybridized carbons (Fsp3) is 0.115. The van der Waals surface area contributed by atoms with Gasteiger partial charge in [-0.05, 0) is 35.4 Å². The molecule has 0 saturated heterocycles. The van der Waals surface area contributed by atoms with E-state index < -0.39 is 17.9 Å². The number of carbonyl (C=O) groups excluding carboxylic acids is 3. The molecular weight excluding hydrogens is 420 g/mol. The molecule has 3 aromatic carbocycles. The molecule has 1 amide bonds. The molecule has 0 saturated carbocycles. The minimum Gasteiger partial charge on any atom is -0.507 e. The molecule has 0 fully saturated rings. The van der Waals surface area contributed by atoms with Gasteiger partial charge >= 0.3 is 5.97 Å². The Bertz CT molecular complexity index is 1300. The number of benzene rings is 3. The average molecular weight is 442 g/mol. The molecule has 1 heterocycles. The molecule has 0 unspecified atom stereocenters. The molecule has 1 atom stereocenters. The number of para-hydroxylation sites is 1. The third-order valence-corrected chi connectivity index (χ3v) is 5.31. The molecular formula is C26H22N2O5. The molecule has 7 heteroatoms. The number of hydrogen-bond acceptors (Lipinski definition) is 5. The quantitative estimate of drug-likeness (QED) is 0.284. The first-order valence-corrected chi connectivity index (χ1v) is 10.4. The maximum atomic E-state index is 13.0. The zero-order valence-corrected chi connectivity index (χ0v) is 17.7. The van der Waals surface area contributed by atoms with E-state index in [0.29, 0.717) is 6.29 Å². The third kappa shape index (κ3) is 5.10. The first kappa shape index (κ1) is 21.8. The summed E-state index contributed by atoms with van der Waals surface area (Å²) in [6.45, 7) is 0.0613. The standard InChI is InChI=1S/C26H22N2O5/c29-15-18-10-11-24(30)21(12-18)25(31)28-23(26(32)33-16-17-6-2-1-3-7-17)13-19-14-27-22-9-5-4-8-20(19)22/h1-12,14-15,23,27,30H,13,16H2,(H,28,31)/t23-/m0/s1. The molecule has 0 radical (unpaired) electrons. The van der Waals surface area contributed by atoms with E-state index in [0.717, 1.165) is 22.0 Å². The number of aldehydes is 1. The number of nitrogens with one attached hydrogen (secondary N) is 2. The van der Waals surface area contributed by atoms with Crippen molar-refractivity contribution < 1.29 is 24.2 Å². The SMILES string of the molecule is O=Cc1ccc(O)c(C(=O)N[C@@H](Cc2c[nH]c3ccccc23)C(=O)OCc2ccccc2)c1. The Morgan fingerprint density at radius 2 is 1.79 bits per heavy atom. The number of rotatable bonds is 8. The lowest BCUT2D eigenvalue weighted by Crippen LogP contribution is -2.43. The van der Waals surface area contributed by atoms with Crippen LogP contribution in [0.5, 0.6) is 5.75 Å². The molecule has 0 spiro atoms. The number of aromatic nitrogens is 1. The van der Waals surface area contributed by atoms with E-state index >= 15 is 0 Å². The van der Waals surface area contributed by atoms with Crippen LogP contribution >= 0.6 is 0 Å². The highest BCUT2D eigenvalue weighted by molar-refractivity contribution is 6.00. The largest absolute Gasteiger partial charge is 0.507 e. The third-order valence-electron chi connectivity index (χ3n) is 5.31. The fourth-order valence-corrected chi connectivity index (χ4v) is 3.59. The summed E-state index contributed by atoms with van der Waals surface area (Å²) < 4.78 is 5.48. The van der Waals surface area contributed by atoms with Crippen LogP contribution in [0.3, 0.4) is 0 Å². The molecule has 3 N–H and O–H groups in total. The smallest absolute Gasteiger partial charge is 0.329 e. The summed E-state index contributed by atoms with van der Waals surface area (Å²) in [5.74, 6) is -1.58. The van der Waals surface area contributed by atoms with Gasteiger partial charge in [-0.15, -0.1) is 0 Å². The Balaban J connectivity index is 1.58. The molecule has 7 nitrogen and oxygen atoms in total. The normalized spacial score (nSPS) is 11.6. The number of aromatic amines is 1. The van der Waals surface area contributed by atoms with Crippen molar-refractivity contribution in [3.05, 3.63) is 101 Å². The van der Waals surface area contributed by atoms with E-state index in [1.807, 2.05) is 54.6 Å². The summed E-state index contributed by atoms with van der Waals surface area (Å²) in [6.07, 6.45) is 2.55. The lowest BCUT2D eigenvalue weighted by molar-refractivity contribution is -0.147. The van der Waals surface area contributed by atoms with Crippen LogP contribution in [0.2, 0.25) is 0 Å². The number of phenolic OH excluding ortho intramolecular Hbond substituents is 1. The van der Waals surface area contributed by atoms with Gasteiger partial charge in [0.1, 0.15) is 24.7 Å². The van der Waals surface area contributed by atoms with Crippen molar-refractivity contribution >= 4 is 29.1 Å². The minimum atomic E-state index is -1.01. The maximum Gasteiger partial charge on any atom is 0.329 e. The van der Waals surface area contributed by atoms with Gasteiger partial charge in [-0.3, -0.25) is 9.59 Å². The molecule has 0 aliphatic rings. The van der Waals surface area contributed by atoms with Gasteiger partial charge in [0.15, 0.2) is 0 Å². The summed E-state index contributed by atoms with van der Waals surface area (Å²) in [7, 11) is 0. The molecule has 166 valence electrons. The minimum absolute atomic E-state index is 0.0613. The number of aromatic hydroxyl groups is 1. The monoisotopic (exact) mass is 442 g/mol. The molecule has 0 aliphatic heterocycles. The van der Waals surface area contributed by atoms with Gasteiger partial charge in [0.25, 0.3) is 5.91 Å². The number of esters is 1. The van der Waals surface area contributed by atoms with Gasteiger partial charge in [0.05, 0.1) is 5.56 Å². The highest BCUT2D eigenvalue weighted by Crippen LogP contribution is 2.21. The lowest BCUT2D eigenvalue weighted by Gasteiger charge is -2.18. The Kier molecular flexibility index (Phi) is 6.50. The van der Waals surface area contributed by atoms with Crippen molar-refractivity contribution in [1.29, 1.82) is 0 Å². The Morgan fingerprint density at radius 1 is 1.03 bits per heavy atom. The van der Waals surface area contributed by atoms with Crippen LogP contribution in [0.1, 0.15) is 31.8 Å². The first-order chi connectivity index (χ1) is 16.0. The number of ether oxygens (including phenoxy) is 1. The fourth-order valence-electron chi connectivity index (χ4n) is 3.59. The van der Waals surface area contributed by atoms with E-state index in [1.54, 1.807) is 6.20 Å². The van der Waals surface area contributed by atoms with Gasteiger partial charge < -0.3 is 20.1 Å². The topological polar surface area (TPSA) is 108 Å². The van der Waals surface area contributed by atoms with Crippen LogP contribution in [0.15, 0.2) is 79.0 Å². The highest BCUT2D eigenvalue weighted by Gasteiger charge is 2.26. The van der Waals surface area contributed by atoms with Crippen LogP contribution in [0.4, 0.5) is 0 Å². The van der Waals surface area contributed by atoms with Crippen molar-refractivity contribution in [2.45, 2.75) is 19.1 Å². The maximum absolute atomic E-state index is 13.0. The van der Waals surface area contributed by atoms with E-state index in [2.05, 4.69) is 10.3 Å². The Labute approximate surface area is 190 Å². The van der Waals surface area contributed by atoms with Crippen molar-refractivity contribution in [2.75, 3.05) is 0 Å². The van der Waals surface area contributed by atoms with Gasteiger partial charge in [-0.1, -0.05) is 48.5 Å². The summed E-state index contributed by atoms with van der Waals surface area (Å²) in [5.41, 5.74) is 2.70. The second kappa shape index (κ2) is 9.82. The average Bonchev–Trinajstić information content (AvgIpc) is 3.26. The van der Waals surface area contributed by atoms with Crippen LogP contribution in [-0.2, 0) is 22.6 Å². The molecule has 1 aromatic heterocycles. The number of H-pyrrole nitrogens is 1. The summed E-state index contributed by atoms with van der Waals surface area (Å²) in [4.78, 5) is 40.1. The molecule has 4 aromatic rings. The number of carbonyl (C=O) groups is 3. The molecule has 0 bridgehead atoms. The second-order valence-electron chi connectivity index (χ2n) is 7.58. The Morgan fingerprint density at radius 3 is 2.58 bits per heavy atom. The van der Waals surface area contributed by atoms with Gasteiger partial charge in [0, 0.05) is 29.1 Å². The Hall–Kier alpha value is -4.39. The van der Waals surface area contributed by atoms with E-state index in [1.165, 1.54) is 18.2 Å². The van der Waals surface area contributed by atoms with Crippen molar-refractivity contribution in [3.8, 4) is 5.75 Å². The van der Waals surface area contributed by atoms with Gasteiger partial charge in [-0.25, -0.2) is 4.79 Å². The van der Waals surface area contributed by atoms with Crippen LogP contribution in [-0.4, -0.2) is 34.3 Å². The molecule has 4 rings (SSSR count). The number of amides is 1. The van der Waals surface area contributed by atoms with Crippen LogP contribution in [0, 0.1) is 0 Å². The lowest BCUT2D eigenvalue weighted by atomic mass is 10.0. The van der Waals surface area contributed by atoms with E-state index in [-0.39, 0.29) is 29.9 Å². The summed E-state index contributed by atoms with van der Waals surface area (Å²) in [5, 5.41) is 13.7. The van der Waals surface area contributed by atoms with Gasteiger partial charge in [0.2, 0.25) is 0 Å². The predicted molar refractivity (Wildman–Crippen MR) is 123 cm³/mol. The van der Waals surface area contributed by atoms with Crippen LogP contribution in [0.25, 0.3) is 10.9 Å². The number of fused-ring (bicyclic) bond motifs is 1. The van der Waals surface area contributed by atoms with Crippen LogP contribution < -0.4 is 5.32 Å². The second-order valence-corrected chi connectivity index (χ2v) is 7.58.